The van der Waals surface area contributed by atoms with Gasteiger partial charge in [-0.1, -0.05) is 142 Å². The second-order valence-electron chi connectivity index (χ2n) is 14.8. The van der Waals surface area contributed by atoms with Gasteiger partial charge < -0.3 is 0 Å². The zero-order valence-electron chi connectivity index (χ0n) is 26.8. The lowest BCUT2D eigenvalue weighted by molar-refractivity contribution is 0.102. The summed E-state index contributed by atoms with van der Waals surface area (Å²) in [6.45, 7) is 2.20. The van der Waals surface area contributed by atoms with E-state index in [0.717, 1.165) is 48.3 Å². The Morgan fingerprint density at radius 3 is 0.974 bits per heavy atom. The average molecular weight is 547 g/mol. The van der Waals surface area contributed by atoms with E-state index < -0.39 is 0 Å². The number of unbranched alkanes of at least 4 members (excludes halogenated alkanes) is 14. The van der Waals surface area contributed by atoms with Crippen molar-refractivity contribution in [3.63, 3.8) is 0 Å². The third kappa shape index (κ3) is 14.1. The molecule has 0 spiro atoms. The molecule has 3 saturated carbocycles. The highest BCUT2D eigenvalue weighted by atomic mass is 19.1. The van der Waals surface area contributed by atoms with Gasteiger partial charge in [-0.25, -0.2) is 0 Å². The fourth-order valence-corrected chi connectivity index (χ4v) is 9.14. The lowest BCUT2D eigenvalue weighted by Gasteiger charge is -2.41. The van der Waals surface area contributed by atoms with Crippen LogP contribution in [-0.4, -0.2) is 6.67 Å². The number of hydrogen-bond donors (Lipinski definition) is 0. The van der Waals surface area contributed by atoms with Crippen LogP contribution < -0.4 is 0 Å². The van der Waals surface area contributed by atoms with Gasteiger partial charge >= 0.3 is 0 Å². The molecule has 0 aliphatic heterocycles. The zero-order chi connectivity index (χ0) is 27.4. The summed E-state index contributed by atoms with van der Waals surface area (Å²) in [5.74, 6) is 6.46. The summed E-state index contributed by atoms with van der Waals surface area (Å²) >= 11 is 0. The van der Waals surface area contributed by atoms with Crippen LogP contribution in [0.5, 0.6) is 0 Å². The van der Waals surface area contributed by atoms with E-state index in [-0.39, 0.29) is 6.67 Å². The smallest absolute Gasteiger partial charge is 0.0894 e. The van der Waals surface area contributed by atoms with Gasteiger partial charge in [0.1, 0.15) is 0 Å². The van der Waals surface area contributed by atoms with Gasteiger partial charge in [0.25, 0.3) is 0 Å². The third-order valence-corrected chi connectivity index (χ3v) is 11.9. The largest absolute Gasteiger partial charge is 0.251 e. The quantitative estimate of drug-likeness (QED) is 0.126. The number of alkyl halides is 1. The SMILES string of the molecule is CCCCCCCCCCC1CCC(C2CCC(C3CCC(CCCCCCCCCCF)CC3)CC2)CC1. The van der Waals surface area contributed by atoms with E-state index >= 15 is 0 Å². The van der Waals surface area contributed by atoms with Gasteiger partial charge in [0, 0.05) is 0 Å². The first-order chi connectivity index (χ1) is 19.3. The minimum absolute atomic E-state index is 0.121. The molecule has 0 aromatic carbocycles. The molecule has 0 aromatic rings. The average Bonchev–Trinajstić information content (AvgIpc) is 2.98. The molecule has 0 N–H and O–H groups in total. The van der Waals surface area contributed by atoms with Crippen LogP contribution in [-0.2, 0) is 0 Å². The monoisotopic (exact) mass is 547 g/mol. The lowest BCUT2D eigenvalue weighted by Crippen LogP contribution is -2.29. The van der Waals surface area contributed by atoms with Crippen molar-refractivity contribution in [2.45, 2.75) is 200 Å². The minimum Gasteiger partial charge on any atom is -0.251 e. The van der Waals surface area contributed by atoms with Crippen LogP contribution in [0, 0.1) is 35.5 Å². The van der Waals surface area contributed by atoms with Crippen molar-refractivity contribution in [3.8, 4) is 0 Å². The first kappa shape index (κ1) is 33.4. The molecule has 0 aromatic heterocycles. The van der Waals surface area contributed by atoms with Crippen molar-refractivity contribution >= 4 is 0 Å². The minimum atomic E-state index is -0.121. The summed E-state index contributed by atoms with van der Waals surface area (Å²) < 4.78 is 12.1. The molecule has 0 atom stereocenters. The van der Waals surface area contributed by atoms with E-state index in [1.165, 1.54) is 109 Å². The second-order valence-corrected chi connectivity index (χ2v) is 14.8. The van der Waals surface area contributed by atoms with E-state index in [4.69, 9.17) is 0 Å². The maximum atomic E-state index is 12.1. The molecule has 0 radical (unpaired) electrons. The van der Waals surface area contributed by atoms with Crippen molar-refractivity contribution in [2.75, 3.05) is 6.67 Å². The Bertz CT molecular complexity index is 533. The molecule has 0 unspecified atom stereocenters. The molecule has 0 heterocycles. The van der Waals surface area contributed by atoms with Crippen LogP contribution in [0.1, 0.15) is 200 Å². The van der Waals surface area contributed by atoms with Gasteiger partial charge in [-0.3, -0.25) is 4.39 Å². The highest BCUT2D eigenvalue weighted by Gasteiger charge is 2.34. The van der Waals surface area contributed by atoms with Crippen LogP contribution in [0.2, 0.25) is 0 Å². The summed E-state index contributed by atoms with van der Waals surface area (Å²) in [5.41, 5.74) is 0. The third-order valence-electron chi connectivity index (χ3n) is 11.9. The topological polar surface area (TPSA) is 0 Å². The predicted molar refractivity (Wildman–Crippen MR) is 171 cm³/mol. The van der Waals surface area contributed by atoms with Crippen molar-refractivity contribution in [2.24, 2.45) is 35.5 Å². The molecule has 3 fully saturated rings. The first-order valence-corrected chi connectivity index (χ1v) is 18.9. The fourth-order valence-electron chi connectivity index (χ4n) is 9.14. The van der Waals surface area contributed by atoms with Gasteiger partial charge in [-0.05, 0) is 93.3 Å². The summed E-state index contributed by atoms with van der Waals surface area (Å²) in [6.07, 6.45) is 43.7. The second kappa shape index (κ2) is 21.6. The molecule has 230 valence electrons. The molecule has 0 bridgehead atoms. The molecule has 0 saturated heterocycles. The molecule has 0 nitrogen and oxygen atoms in total. The van der Waals surface area contributed by atoms with Gasteiger partial charge in [0.2, 0.25) is 0 Å². The van der Waals surface area contributed by atoms with Crippen molar-refractivity contribution in [1.82, 2.24) is 0 Å². The molecule has 39 heavy (non-hydrogen) atoms. The van der Waals surface area contributed by atoms with Crippen LogP contribution >= 0.6 is 0 Å². The van der Waals surface area contributed by atoms with E-state index in [9.17, 15) is 4.39 Å². The first-order valence-electron chi connectivity index (χ1n) is 18.9. The molecule has 3 rings (SSSR count). The maximum Gasteiger partial charge on any atom is 0.0894 e. The van der Waals surface area contributed by atoms with Crippen molar-refractivity contribution in [1.29, 1.82) is 0 Å². The van der Waals surface area contributed by atoms with Crippen molar-refractivity contribution in [3.05, 3.63) is 0 Å². The Labute approximate surface area is 245 Å². The molecule has 3 aliphatic carbocycles. The number of hydrogen-bond acceptors (Lipinski definition) is 0. The standard InChI is InChI=1S/C38H71F/c1-2-3-4-5-6-9-12-15-18-33-20-24-35(25-21-33)37-28-30-38(31-29-37)36-26-22-34(23-27-36)19-16-13-10-7-8-11-14-17-32-39/h33-38H,2-32H2,1H3. The summed E-state index contributed by atoms with van der Waals surface area (Å²) in [6, 6.07) is 0. The number of halogens is 1. The molecule has 1 heteroatoms. The summed E-state index contributed by atoms with van der Waals surface area (Å²) in [4.78, 5) is 0. The van der Waals surface area contributed by atoms with Crippen LogP contribution in [0.25, 0.3) is 0 Å². The maximum absolute atomic E-state index is 12.1. The van der Waals surface area contributed by atoms with Gasteiger partial charge in [0.05, 0.1) is 6.67 Å². The van der Waals surface area contributed by atoms with Crippen molar-refractivity contribution < 1.29 is 4.39 Å². The van der Waals surface area contributed by atoms with Gasteiger partial charge in [-0.2, -0.15) is 0 Å². The summed E-state index contributed by atoms with van der Waals surface area (Å²) in [7, 11) is 0. The van der Waals surface area contributed by atoms with Crippen LogP contribution in [0.15, 0.2) is 0 Å². The normalized spacial score (nSPS) is 30.0. The Morgan fingerprint density at radius 1 is 0.359 bits per heavy atom. The van der Waals surface area contributed by atoms with E-state index in [1.54, 1.807) is 70.6 Å². The van der Waals surface area contributed by atoms with Gasteiger partial charge in [0.15, 0.2) is 0 Å². The lowest BCUT2D eigenvalue weighted by atomic mass is 9.64. The molecular weight excluding hydrogens is 475 g/mol. The summed E-state index contributed by atoms with van der Waals surface area (Å²) in [5, 5.41) is 0. The van der Waals surface area contributed by atoms with E-state index in [1.807, 2.05) is 0 Å². The Balaban J connectivity index is 1.15. The highest BCUT2D eigenvalue weighted by molar-refractivity contribution is 4.86. The Morgan fingerprint density at radius 2 is 0.641 bits per heavy atom. The van der Waals surface area contributed by atoms with E-state index in [2.05, 4.69) is 6.92 Å². The fraction of sp³-hybridized carbons (Fsp3) is 1.00. The number of rotatable bonds is 21. The highest BCUT2D eigenvalue weighted by Crippen LogP contribution is 2.46. The van der Waals surface area contributed by atoms with Crippen LogP contribution in [0.4, 0.5) is 4.39 Å². The predicted octanol–water partition coefficient (Wildman–Crippen LogP) is 13.4. The molecular formula is C38H71F. The van der Waals surface area contributed by atoms with Gasteiger partial charge in [-0.15, -0.1) is 0 Å². The molecule has 0 amide bonds. The zero-order valence-corrected chi connectivity index (χ0v) is 26.8. The van der Waals surface area contributed by atoms with Crippen LogP contribution in [0.3, 0.4) is 0 Å². The van der Waals surface area contributed by atoms with E-state index in [0.29, 0.717) is 0 Å². The molecule has 3 aliphatic rings. The Hall–Kier alpha value is -0.0700. The Kier molecular flexibility index (Phi) is 18.5.